The van der Waals surface area contributed by atoms with Gasteiger partial charge in [-0.3, -0.25) is 4.79 Å². The number of rotatable bonds is 5. The maximum absolute atomic E-state index is 12.5. The third kappa shape index (κ3) is 4.82. The van der Waals surface area contributed by atoms with Gasteiger partial charge in [0.1, 0.15) is 0 Å². The quantitative estimate of drug-likeness (QED) is 0.800. The summed E-state index contributed by atoms with van der Waals surface area (Å²) in [4.78, 5) is 10.1. The molecule has 0 saturated heterocycles. The van der Waals surface area contributed by atoms with E-state index < -0.39 is 26.7 Å². The number of hydrogen-bond acceptors (Lipinski definition) is 3. The summed E-state index contributed by atoms with van der Waals surface area (Å²) in [5.41, 5.74) is -1.04. The van der Waals surface area contributed by atoms with Gasteiger partial charge in [-0.05, 0) is 18.2 Å². The normalized spacial score (nSPS) is 12.2. The predicted octanol–water partition coefficient (Wildman–Crippen LogP) is 1.12. The summed E-state index contributed by atoms with van der Waals surface area (Å²) in [6.07, 6.45) is -4.61. The Bertz CT molecular complexity index is 585. The number of carbonyl (C=O) groups excluding carboxylic acids is 1. The van der Waals surface area contributed by atoms with Crippen molar-refractivity contribution in [1.29, 1.82) is 0 Å². The van der Waals surface area contributed by atoms with Crippen molar-refractivity contribution < 1.29 is 26.4 Å². The van der Waals surface area contributed by atoms with Crippen LogP contribution in [0.2, 0.25) is 0 Å². The molecule has 0 atom stereocenters. The van der Waals surface area contributed by atoms with Gasteiger partial charge in [-0.2, -0.15) is 13.2 Å². The van der Waals surface area contributed by atoms with Crippen molar-refractivity contribution in [3.05, 3.63) is 29.8 Å². The molecule has 0 aliphatic rings. The van der Waals surface area contributed by atoms with Crippen LogP contribution in [0.4, 0.5) is 13.2 Å². The van der Waals surface area contributed by atoms with Crippen molar-refractivity contribution in [2.45, 2.75) is 18.0 Å². The first kappa shape index (κ1) is 16.4. The minimum Gasteiger partial charge on any atom is -0.355 e. The minimum absolute atomic E-state index is 0.0491. The molecule has 0 spiro atoms. The zero-order valence-electron chi connectivity index (χ0n) is 10.5. The highest BCUT2D eigenvalue weighted by molar-refractivity contribution is 7.89. The Morgan fingerprint density at radius 1 is 1.25 bits per heavy atom. The highest BCUT2D eigenvalue weighted by atomic mass is 32.2. The number of hydrogen-bond donors (Lipinski definition) is 2. The molecule has 0 aromatic heterocycles. The van der Waals surface area contributed by atoms with E-state index >= 15 is 0 Å². The van der Waals surface area contributed by atoms with Crippen molar-refractivity contribution in [2.75, 3.05) is 13.1 Å². The number of carbonyl (C=O) groups is 1. The number of sulfonamides is 1. The van der Waals surface area contributed by atoms with Crippen LogP contribution in [0.25, 0.3) is 0 Å². The molecule has 1 aromatic carbocycles. The number of halogens is 3. The number of amides is 1. The second-order valence-electron chi connectivity index (χ2n) is 3.91. The molecule has 0 heterocycles. The van der Waals surface area contributed by atoms with Gasteiger partial charge in [-0.1, -0.05) is 6.07 Å². The van der Waals surface area contributed by atoms with Gasteiger partial charge in [0.15, 0.2) is 0 Å². The molecular formula is C11H13F3N2O3S. The van der Waals surface area contributed by atoms with Crippen molar-refractivity contribution >= 4 is 15.9 Å². The fourth-order valence-electron chi connectivity index (χ4n) is 1.35. The second kappa shape index (κ2) is 6.23. The van der Waals surface area contributed by atoms with Gasteiger partial charge >= 0.3 is 6.18 Å². The van der Waals surface area contributed by atoms with Crippen LogP contribution in [-0.4, -0.2) is 27.4 Å². The van der Waals surface area contributed by atoms with E-state index in [-0.39, 0.29) is 19.0 Å². The van der Waals surface area contributed by atoms with E-state index in [1.54, 1.807) is 0 Å². The van der Waals surface area contributed by atoms with E-state index in [0.29, 0.717) is 6.07 Å². The Kier molecular flexibility index (Phi) is 5.12. The summed E-state index contributed by atoms with van der Waals surface area (Å²) in [6.45, 7) is 1.20. The molecule has 1 rings (SSSR count). The van der Waals surface area contributed by atoms with Crippen molar-refractivity contribution in [3.63, 3.8) is 0 Å². The lowest BCUT2D eigenvalue weighted by atomic mass is 10.2. The molecule has 0 unspecified atom stereocenters. The largest absolute Gasteiger partial charge is 0.416 e. The average molecular weight is 310 g/mol. The lowest BCUT2D eigenvalue weighted by Crippen LogP contribution is -2.33. The first-order valence-corrected chi connectivity index (χ1v) is 7.02. The van der Waals surface area contributed by atoms with Gasteiger partial charge in [0, 0.05) is 20.0 Å². The molecule has 0 radical (unpaired) electrons. The van der Waals surface area contributed by atoms with Crippen LogP contribution in [0.3, 0.4) is 0 Å². The third-order valence-corrected chi connectivity index (χ3v) is 3.72. The fourth-order valence-corrected chi connectivity index (χ4v) is 2.42. The van der Waals surface area contributed by atoms with E-state index in [9.17, 15) is 26.4 Å². The number of nitrogens with one attached hydrogen (secondary N) is 2. The number of alkyl halides is 3. The molecule has 5 nitrogen and oxygen atoms in total. The predicted molar refractivity (Wildman–Crippen MR) is 65.3 cm³/mol. The topological polar surface area (TPSA) is 75.3 Å². The van der Waals surface area contributed by atoms with Crippen LogP contribution in [0.1, 0.15) is 12.5 Å². The lowest BCUT2D eigenvalue weighted by Gasteiger charge is -2.10. The Hall–Kier alpha value is -1.61. The van der Waals surface area contributed by atoms with Gasteiger partial charge in [0.25, 0.3) is 0 Å². The smallest absolute Gasteiger partial charge is 0.355 e. The van der Waals surface area contributed by atoms with Crippen molar-refractivity contribution in [1.82, 2.24) is 10.0 Å². The average Bonchev–Trinajstić information content (AvgIpc) is 2.34. The lowest BCUT2D eigenvalue weighted by molar-refractivity contribution is -0.137. The van der Waals surface area contributed by atoms with E-state index in [0.717, 1.165) is 18.2 Å². The van der Waals surface area contributed by atoms with E-state index in [4.69, 9.17) is 0 Å². The third-order valence-electron chi connectivity index (χ3n) is 2.26. The summed E-state index contributed by atoms with van der Waals surface area (Å²) in [6, 6.07) is 3.43. The zero-order valence-corrected chi connectivity index (χ0v) is 11.3. The summed E-state index contributed by atoms with van der Waals surface area (Å²) < 4.78 is 63.1. The molecule has 0 bridgehead atoms. The van der Waals surface area contributed by atoms with Crippen LogP contribution in [0.15, 0.2) is 29.2 Å². The summed E-state index contributed by atoms with van der Waals surface area (Å²) in [5, 5.41) is 2.36. The first-order chi connectivity index (χ1) is 9.13. The van der Waals surface area contributed by atoms with E-state index in [2.05, 4.69) is 10.0 Å². The molecule has 1 aromatic rings. The van der Waals surface area contributed by atoms with E-state index in [1.165, 1.54) is 6.92 Å². The summed E-state index contributed by atoms with van der Waals surface area (Å²) in [5.74, 6) is -0.330. The second-order valence-corrected chi connectivity index (χ2v) is 5.67. The maximum Gasteiger partial charge on any atom is 0.416 e. The Morgan fingerprint density at radius 2 is 1.90 bits per heavy atom. The molecule has 0 fully saturated rings. The van der Waals surface area contributed by atoms with Crippen LogP contribution < -0.4 is 10.0 Å². The highest BCUT2D eigenvalue weighted by Crippen LogP contribution is 2.30. The first-order valence-electron chi connectivity index (χ1n) is 5.54. The van der Waals surface area contributed by atoms with Gasteiger partial charge in [-0.15, -0.1) is 0 Å². The molecule has 0 aliphatic heterocycles. The SMILES string of the molecule is CC(=O)NCCNS(=O)(=O)c1cccc(C(F)(F)F)c1. The zero-order chi connectivity index (χ0) is 15.4. The van der Waals surface area contributed by atoms with Gasteiger partial charge in [0.2, 0.25) is 15.9 Å². The number of benzene rings is 1. The molecular weight excluding hydrogens is 297 g/mol. The Labute approximate surface area is 114 Å². The standard InChI is InChI=1S/C11H13F3N2O3S/c1-8(17)15-5-6-16-20(18,19)10-4-2-3-9(7-10)11(12,13)14/h2-4,7,16H,5-6H2,1H3,(H,15,17). The molecule has 112 valence electrons. The highest BCUT2D eigenvalue weighted by Gasteiger charge is 2.31. The Balaban J connectivity index is 2.80. The van der Waals surface area contributed by atoms with Crippen LogP contribution in [-0.2, 0) is 21.0 Å². The monoisotopic (exact) mass is 310 g/mol. The molecule has 9 heteroatoms. The fraction of sp³-hybridized carbons (Fsp3) is 0.364. The van der Waals surface area contributed by atoms with Crippen molar-refractivity contribution in [3.8, 4) is 0 Å². The van der Waals surface area contributed by atoms with E-state index in [1.807, 2.05) is 0 Å². The molecule has 20 heavy (non-hydrogen) atoms. The molecule has 1 amide bonds. The maximum atomic E-state index is 12.5. The molecule has 2 N–H and O–H groups in total. The summed E-state index contributed by atoms with van der Waals surface area (Å²) in [7, 11) is -4.04. The Morgan fingerprint density at radius 3 is 2.45 bits per heavy atom. The molecule has 0 saturated carbocycles. The van der Waals surface area contributed by atoms with Crippen molar-refractivity contribution in [2.24, 2.45) is 0 Å². The van der Waals surface area contributed by atoms with Gasteiger partial charge < -0.3 is 5.32 Å². The molecule has 0 aliphatic carbocycles. The van der Waals surface area contributed by atoms with Crippen LogP contribution in [0, 0.1) is 0 Å². The van der Waals surface area contributed by atoms with Crippen LogP contribution >= 0.6 is 0 Å². The van der Waals surface area contributed by atoms with Crippen LogP contribution in [0.5, 0.6) is 0 Å². The van der Waals surface area contributed by atoms with Gasteiger partial charge in [-0.25, -0.2) is 13.1 Å². The summed E-state index contributed by atoms with van der Waals surface area (Å²) >= 11 is 0. The van der Waals surface area contributed by atoms with Gasteiger partial charge in [0.05, 0.1) is 10.5 Å². The minimum atomic E-state index is -4.61.